The van der Waals surface area contributed by atoms with Gasteiger partial charge in [0.15, 0.2) is 23.1 Å². The zero-order chi connectivity index (χ0) is 16.9. The van der Waals surface area contributed by atoms with Gasteiger partial charge in [0.2, 0.25) is 0 Å². The average Bonchev–Trinajstić information content (AvgIpc) is 3.07. The number of hydrogen-bond donors (Lipinski definition) is 2. The van der Waals surface area contributed by atoms with Gasteiger partial charge in [-0.15, -0.1) is 0 Å². The van der Waals surface area contributed by atoms with Crippen LogP contribution in [0.1, 0.15) is 13.8 Å². The van der Waals surface area contributed by atoms with Gasteiger partial charge < -0.3 is 15.2 Å². The van der Waals surface area contributed by atoms with Crippen LogP contribution in [0.3, 0.4) is 0 Å². The second kappa shape index (κ2) is 7.04. The lowest BCUT2D eigenvalue weighted by Gasteiger charge is -2.11. The minimum atomic E-state index is 0.564. The second-order valence-corrected chi connectivity index (χ2v) is 5.16. The maximum atomic E-state index is 5.71. The highest BCUT2D eigenvalue weighted by molar-refractivity contribution is 5.65. The van der Waals surface area contributed by atoms with Crippen molar-refractivity contribution in [3.63, 3.8) is 0 Å². The van der Waals surface area contributed by atoms with Gasteiger partial charge in [-0.2, -0.15) is 5.10 Å². The maximum Gasteiger partial charge on any atom is 0.181 e. The van der Waals surface area contributed by atoms with Crippen molar-refractivity contribution >= 4 is 5.69 Å². The summed E-state index contributed by atoms with van der Waals surface area (Å²) in [4.78, 5) is 4.55. The van der Waals surface area contributed by atoms with E-state index >= 15 is 0 Å². The maximum absolute atomic E-state index is 5.71. The van der Waals surface area contributed by atoms with Crippen LogP contribution in [-0.2, 0) is 0 Å². The van der Waals surface area contributed by atoms with Crippen LogP contribution >= 0.6 is 0 Å². The van der Waals surface area contributed by atoms with Gasteiger partial charge in [-0.05, 0) is 56.3 Å². The Bertz CT molecular complexity index is 812. The van der Waals surface area contributed by atoms with Gasteiger partial charge in [-0.25, -0.2) is 4.98 Å². The molecule has 1 heterocycles. The Labute approximate surface area is 140 Å². The van der Waals surface area contributed by atoms with Gasteiger partial charge in [0.1, 0.15) is 0 Å². The van der Waals surface area contributed by atoms with Crippen LogP contribution in [0.15, 0.2) is 42.5 Å². The van der Waals surface area contributed by atoms with Gasteiger partial charge in [0, 0.05) is 16.8 Å². The van der Waals surface area contributed by atoms with Crippen molar-refractivity contribution in [1.82, 2.24) is 15.2 Å². The van der Waals surface area contributed by atoms with Crippen LogP contribution in [0.2, 0.25) is 0 Å². The second-order valence-electron chi connectivity index (χ2n) is 5.16. The molecule has 2 aromatic carbocycles. The molecule has 0 atom stereocenters. The summed E-state index contributed by atoms with van der Waals surface area (Å²) >= 11 is 0. The Hall–Kier alpha value is -3.02. The summed E-state index contributed by atoms with van der Waals surface area (Å²) < 4.78 is 11.2. The topological polar surface area (TPSA) is 86.0 Å². The molecule has 0 bridgehead atoms. The highest BCUT2D eigenvalue weighted by Gasteiger charge is 2.12. The van der Waals surface area contributed by atoms with Crippen LogP contribution in [0, 0.1) is 0 Å². The first-order valence-electron chi connectivity index (χ1n) is 7.89. The van der Waals surface area contributed by atoms with E-state index in [1.54, 1.807) is 0 Å². The molecule has 0 aliphatic carbocycles. The normalized spacial score (nSPS) is 10.6. The van der Waals surface area contributed by atoms with E-state index in [1.165, 1.54) is 0 Å². The van der Waals surface area contributed by atoms with E-state index < -0.39 is 0 Å². The lowest BCUT2D eigenvalue weighted by molar-refractivity contribution is 0.288. The summed E-state index contributed by atoms with van der Waals surface area (Å²) in [6.07, 6.45) is 0. The van der Waals surface area contributed by atoms with E-state index in [9.17, 15) is 0 Å². The predicted molar refractivity (Wildman–Crippen MR) is 94.0 cm³/mol. The minimum Gasteiger partial charge on any atom is -0.490 e. The molecule has 0 spiro atoms. The van der Waals surface area contributed by atoms with E-state index in [-0.39, 0.29) is 0 Å². The molecule has 3 N–H and O–H groups in total. The lowest BCUT2D eigenvalue weighted by atomic mass is 10.2. The summed E-state index contributed by atoms with van der Waals surface area (Å²) in [6, 6.07) is 13.2. The Balaban J connectivity index is 1.91. The molecule has 24 heavy (non-hydrogen) atoms. The van der Waals surface area contributed by atoms with Crippen molar-refractivity contribution < 1.29 is 9.47 Å². The average molecular weight is 324 g/mol. The molecule has 0 saturated carbocycles. The molecule has 0 fully saturated rings. The van der Waals surface area contributed by atoms with Gasteiger partial charge in [0.25, 0.3) is 0 Å². The highest BCUT2D eigenvalue weighted by atomic mass is 16.5. The first kappa shape index (κ1) is 15.9. The van der Waals surface area contributed by atoms with Crippen LogP contribution in [-0.4, -0.2) is 28.4 Å². The summed E-state index contributed by atoms with van der Waals surface area (Å²) in [7, 11) is 0. The Morgan fingerprint density at radius 3 is 2.29 bits per heavy atom. The zero-order valence-electron chi connectivity index (χ0n) is 13.7. The number of aromatic nitrogens is 3. The smallest absolute Gasteiger partial charge is 0.181 e. The number of rotatable bonds is 6. The number of hydrogen-bond acceptors (Lipinski definition) is 5. The van der Waals surface area contributed by atoms with Crippen molar-refractivity contribution in [2.24, 2.45) is 0 Å². The standard InChI is InChI=1S/C18H20N4O2/c1-3-23-15-10-7-13(11-16(15)24-4-2)18-20-17(21-22-18)12-5-8-14(19)9-6-12/h5-11H,3-4,19H2,1-2H3,(H,20,21,22). The monoisotopic (exact) mass is 324 g/mol. The van der Waals surface area contributed by atoms with Crippen molar-refractivity contribution in [3.05, 3.63) is 42.5 Å². The first-order chi connectivity index (χ1) is 11.7. The van der Waals surface area contributed by atoms with Crippen LogP contribution in [0.4, 0.5) is 5.69 Å². The molecule has 0 radical (unpaired) electrons. The molecule has 0 aliphatic rings. The third kappa shape index (κ3) is 3.32. The van der Waals surface area contributed by atoms with Gasteiger partial charge in [0.05, 0.1) is 13.2 Å². The van der Waals surface area contributed by atoms with E-state index in [1.807, 2.05) is 56.3 Å². The molecule has 0 unspecified atom stereocenters. The minimum absolute atomic E-state index is 0.564. The van der Waals surface area contributed by atoms with Gasteiger partial charge in [-0.3, -0.25) is 5.10 Å². The molecule has 0 aliphatic heterocycles. The van der Waals surface area contributed by atoms with E-state index in [4.69, 9.17) is 15.2 Å². The Morgan fingerprint density at radius 2 is 1.58 bits per heavy atom. The summed E-state index contributed by atoms with van der Waals surface area (Å²) in [5.74, 6) is 2.70. The van der Waals surface area contributed by atoms with Gasteiger partial charge in [-0.1, -0.05) is 0 Å². The fraction of sp³-hybridized carbons (Fsp3) is 0.222. The Morgan fingerprint density at radius 1 is 0.917 bits per heavy atom. The number of ether oxygens (including phenoxy) is 2. The molecule has 6 nitrogen and oxygen atoms in total. The number of H-pyrrole nitrogens is 1. The summed E-state index contributed by atoms with van der Waals surface area (Å²) in [5, 5.41) is 7.26. The molecule has 1 aromatic heterocycles. The molecular formula is C18H20N4O2. The molecular weight excluding hydrogens is 304 g/mol. The molecule has 3 rings (SSSR count). The fourth-order valence-corrected chi connectivity index (χ4v) is 2.35. The third-order valence-corrected chi connectivity index (χ3v) is 3.47. The molecule has 6 heteroatoms. The number of aromatic amines is 1. The molecule has 0 saturated heterocycles. The van der Waals surface area contributed by atoms with E-state index in [0.717, 1.165) is 16.9 Å². The van der Waals surface area contributed by atoms with E-state index in [2.05, 4.69) is 15.2 Å². The molecule has 0 amide bonds. The highest BCUT2D eigenvalue weighted by Crippen LogP contribution is 2.32. The quantitative estimate of drug-likeness (QED) is 0.678. The van der Waals surface area contributed by atoms with Crippen molar-refractivity contribution in [1.29, 1.82) is 0 Å². The lowest BCUT2D eigenvalue weighted by Crippen LogP contribution is -1.98. The molecule has 124 valence electrons. The number of nitrogens with zero attached hydrogens (tertiary/aromatic N) is 2. The summed E-state index contributed by atoms with van der Waals surface area (Å²) in [6.45, 7) is 5.03. The number of nitrogen functional groups attached to an aromatic ring is 1. The first-order valence-corrected chi connectivity index (χ1v) is 7.89. The SMILES string of the molecule is CCOc1ccc(-c2n[nH]c(-c3ccc(N)cc3)n2)cc1OCC. The molecule has 3 aromatic rings. The fourth-order valence-electron chi connectivity index (χ4n) is 2.35. The number of benzene rings is 2. The zero-order valence-corrected chi connectivity index (χ0v) is 13.7. The van der Waals surface area contributed by atoms with E-state index in [0.29, 0.717) is 36.3 Å². The number of nitrogens with one attached hydrogen (secondary N) is 1. The Kier molecular flexibility index (Phi) is 4.65. The number of nitrogens with two attached hydrogens (primary N) is 1. The summed E-state index contributed by atoms with van der Waals surface area (Å²) in [5.41, 5.74) is 8.22. The van der Waals surface area contributed by atoms with Gasteiger partial charge >= 0.3 is 0 Å². The predicted octanol–water partition coefficient (Wildman–Crippen LogP) is 3.52. The van der Waals surface area contributed by atoms with Crippen LogP contribution in [0.25, 0.3) is 22.8 Å². The van der Waals surface area contributed by atoms with Crippen LogP contribution < -0.4 is 15.2 Å². The third-order valence-electron chi connectivity index (χ3n) is 3.47. The van der Waals surface area contributed by atoms with Crippen molar-refractivity contribution in [2.45, 2.75) is 13.8 Å². The van der Waals surface area contributed by atoms with Crippen LogP contribution in [0.5, 0.6) is 11.5 Å². The van der Waals surface area contributed by atoms with Crippen molar-refractivity contribution in [2.75, 3.05) is 18.9 Å². The largest absolute Gasteiger partial charge is 0.490 e. The number of anilines is 1. The van der Waals surface area contributed by atoms with Crippen molar-refractivity contribution in [3.8, 4) is 34.3 Å².